The first-order valence-electron chi connectivity index (χ1n) is 5.78. The molecule has 0 aromatic heterocycles. The highest BCUT2D eigenvalue weighted by molar-refractivity contribution is 5.65. The molecule has 4 heteroatoms. The molecule has 0 amide bonds. The lowest BCUT2D eigenvalue weighted by Gasteiger charge is -2.23. The molecule has 2 unspecified atom stereocenters. The van der Waals surface area contributed by atoms with Gasteiger partial charge in [-0.25, -0.2) is 8.78 Å². The summed E-state index contributed by atoms with van der Waals surface area (Å²) in [7, 11) is 0. The Morgan fingerprint density at radius 1 is 1.25 bits per heavy atom. The van der Waals surface area contributed by atoms with E-state index in [0.29, 0.717) is 0 Å². The van der Waals surface area contributed by atoms with Crippen molar-refractivity contribution >= 4 is 5.97 Å². The summed E-state index contributed by atoms with van der Waals surface area (Å²) in [5.41, 5.74) is 0. The molecule has 0 aliphatic carbocycles. The van der Waals surface area contributed by atoms with E-state index in [9.17, 15) is 13.6 Å². The first-order chi connectivity index (χ1) is 7.26. The van der Waals surface area contributed by atoms with E-state index in [1.807, 2.05) is 13.8 Å². The molecule has 0 aromatic rings. The minimum absolute atomic E-state index is 0.0240. The lowest BCUT2D eigenvalue weighted by atomic mass is 9.94. The molecule has 0 N–H and O–H groups in total. The van der Waals surface area contributed by atoms with Crippen molar-refractivity contribution in [1.29, 1.82) is 0 Å². The van der Waals surface area contributed by atoms with E-state index in [1.165, 1.54) is 6.92 Å². The molecular formula is C12H22F2O2. The molecular weight excluding hydrogens is 214 g/mol. The lowest BCUT2D eigenvalue weighted by molar-refractivity contribution is -0.143. The van der Waals surface area contributed by atoms with Crippen LogP contribution in [-0.2, 0) is 9.53 Å². The van der Waals surface area contributed by atoms with Crippen molar-refractivity contribution < 1.29 is 18.3 Å². The minimum atomic E-state index is -2.66. The van der Waals surface area contributed by atoms with Gasteiger partial charge in [-0.3, -0.25) is 4.79 Å². The maximum atomic E-state index is 13.5. The van der Waals surface area contributed by atoms with Gasteiger partial charge in [-0.2, -0.15) is 0 Å². The van der Waals surface area contributed by atoms with E-state index in [2.05, 4.69) is 0 Å². The van der Waals surface area contributed by atoms with Crippen molar-refractivity contribution in [3.05, 3.63) is 0 Å². The van der Waals surface area contributed by atoms with Crippen LogP contribution in [-0.4, -0.2) is 18.5 Å². The van der Waals surface area contributed by atoms with E-state index < -0.39 is 11.9 Å². The molecule has 0 aromatic carbocycles. The highest BCUT2D eigenvalue weighted by atomic mass is 19.3. The number of rotatable bonds is 7. The predicted molar refractivity (Wildman–Crippen MR) is 59.4 cm³/mol. The number of carbonyl (C=O) groups excluding carboxylic acids is 1. The van der Waals surface area contributed by atoms with Crippen LogP contribution in [0.1, 0.15) is 47.0 Å². The monoisotopic (exact) mass is 236 g/mol. The first-order valence-corrected chi connectivity index (χ1v) is 5.78. The van der Waals surface area contributed by atoms with Gasteiger partial charge in [-0.1, -0.05) is 27.2 Å². The minimum Gasteiger partial charge on any atom is -0.466 e. The Morgan fingerprint density at radius 2 is 1.75 bits per heavy atom. The number of halogens is 2. The first kappa shape index (κ1) is 15.3. The van der Waals surface area contributed by atoms with Crippen LogP contribution < -0.4 is 0 Å². The SMILES string of the molecule is CCC(C)CC(F)(F)CC(C)COC(C)=O. The summed E-state index contributed by atoms with van der Waals surface area (Å²) in [4.78, 5) is 10.5. The van der Waals surface area contributed by atoms with Gasteiger partial charge in [0.1, 0.15) is 0 Å². The molecule has 96 valence electrons. The molecule has 2 nitrogen and oxygen atoms in total. The summed E-state index contributed by atoms with van der Waals surface area (Å²) in [5.74, 6) is -3.36. The summed E-state index contributed by atoms with van der Waals surface area (Å²) >= 11 is 0. The van der Waals surface area contributed by atoms with Crippen molar-refractivity contribution in [1.82, 2.24) is 0 Å². The molecule has 0 radical (unpaired) electrons. The van der Waals surface area contributed by atoms with Crippen molar-refractivity contribution in [2.75, 3.05) is 6.61 Å². The third-order valence-corrected chi connectivity index (χ3v) is 2.56. The van der Waals surface area contributed by atoms with Crippen LogP contribution in [0.4, 0.5) is 8.78 Å². The van der Waals surface area contributed by atoms with Gasteiger partial charge >= 0.3 is 5.97 Å². The quantitative estimate of drug-likeness (QED) is 0.631. The van der Waals surface area contributed by atoms with Crippen molar-refractivity contribution in [2.45, 2.75) is 52.9 Å². The molecule has 0 fully saturated rings. The standard InChI is InChI=1S/C12H22F2O2/c1-5-9(2)6-12(13,14)7-10(3)8-16-11(4)15/h9-10H,5-8H2,1-4H3. The number of carbonyl (C=O) groups is 1. The van der Waals surface area contributed by atoms with E-state index >= 15 is 0 Å². The third kappa shape index (κ3) is 7.60. The average Bonchev–Trinajstić information content (AvgIpc) is 2.13. The van der Waals surface area contributed by atoms with E-state index in [1.54, 1.807) is 6.92 Å². The molecule has 16 heavy (non-hydrogen) atoms. The van der Waals surface area contributed by atoms with Gasteiger partial charge in [0.2, 0.25) is 5.92 Å². The highest BCUT2D eigenvalue weighted by Crippen LogP contribution is 2.31. The van der Waals surface area contributed by atoms with Crippen molar-refractivity contribution in [2.24, 2.45) is 11.8 Å². The molecule has 0 saturated carbocycles. The fraction of sp³-hybridized carbons (Fsp3) is 0.917. The van der Waals surface area contributed by atoms with Gasteiger partial charge in [0.05, 0.1) is 6.61 Å². The second kappa shape index (κ2) is 6.81. The van der Waals surface area contributed by atoms with Crippen molar-refractivity contribution in [3.63, 3.8) is 0 Å². The smallest absolute Gasteiger partial charge is 0.302 e. The normalized spacial score (nSPS) is 15.6. The maximum Gasteiger partial charge on any atom is 0.302 e. The van der Waals surface area contributed by atoms with Crippen LogP contribution >= 0.6 is 0 Å². The second-order valence-corrected chi connectivity index (χ2v) is 4.69. The van der Waals surface area contributed by atoms with E-state index in [4.69, 9.17) is 4.74 Å². The van der Waals surface area contributed by atoms with E-state index in [-0.39, 0.29) is 31.3 Å². The molecule has 0 aliphatic rings. The topological polar surface area (TPSA) is 26.3 Å². The van der Waals surface area contributed by atoms with Crippen molar-refractivity contribution in [3.8, 4) is 0 Å². The predicted octanol–water partition coefficient (Wildman–Crippen LogP) is 3.65. The Hall–Kier alpha value is -0.670. The Morgan fingerprint density at radius 3 is 2.19 bits per heavy atom. The zero-order valence-electron chi connectivity index (χ0n) is 10.6. The van der Waals surface area contributed by atoms with E-state index in [0.717, 1.165) is 6.42 Å². The zero-order chi connectivity index (χ0) is 12.8. The summed E-state index contributed by atoms with van der Waals surface area (Å²) in [6.45, 7) is 6.76. The van der Waals surface area contributed by atoms with Gasteiger partial charge in [-0.15, -0.1) is 0 Å². The lowest BCUT2D eigenvalue weighted by Crippen LogP contribution is -2.25. The average molecular weight is 236 g/mol. The van der Waals surface area contributed by atoms with Gasteiger partial charge in [0, 0.05) is 19.8 Å². The molecule has 2 atom stereocenters. The van der Waals surface area contributed by atoms with Crippen LogP contribution in [0.25, 0.3) is 0 Å². The fourth-order valence-electron chi connectivity index (χ4n) is 1.57. The largest absolute Gasteiger partial charge is 0.466 e. The number of ether oxygens (including phenoxy) is 1. The Kier molecular flexibility index (Phi) is 6.53. The van der Waals surface area contributed by atoms with Gasteiger partial charge in [0.15, 0.2) is 0 Å². The van der Waals surface area contributed by atoms with Crippen LogP contribution in [0.2, 0.25) is 0 Å². The Balaban J connectivity index is 3.98. The van der Waals surface area contributed by atoms with Crippen LogP contribution in [0.15, 0.2) is 0 Å². The van der Waals surface area contributed by atoms with Gasteiger partial charge in [-0.05, 0) is 11.8 Å². The highest BCUT2D eigenvalue weighted by Gasteiger charge is 2.32. The Labute approximate surface area is 96.4 Å². The fourth-order valence-corrected chi connectivity index (χ4v) is 1.57. The van der Waals surface area contributed by atoms with Crippen LogP contribution in [0.5, 0.6) is 0 Å². The third-order valence-electron chi connectivity index (χ3n) is 2.56. The molecule has 0 saturated heterocycles. The van der Waals surface area contributed by atoms with Gasteiger partial charge < -0.3 is 4.74 Å². The molecule has 0 spiro atoms. The number of hydrogen-bond donors (Lipinski definition) is 0. The molecule has 0 rings (SSSR count). The summed E-state index contributed by atoms with van der Waals surface area (Å²) in [5, 5.41) is 0. The molecule has 0 aliphatic heterocycles. The zero-order valence-corrected chi connectivity index (χ0v) is 10.6. The number of hydrogen-bond acceptors (Lipinski definition) is 2. The number of alkyl halides is 2. The van der Waals surface area contributed by atoms with Gasteiger partial charge in [0.25, 0.3) is 0 Å². The Bertz CT molecular complexity index is 217. The molecule has 0 bridgehead atoms. The van der Waals surface area contributed by atoms with Crippen LogP contribution in [0, 0.1) is 11.8 Å². The maximum absolute atomic E-state index is 13.5. The summed E-state index contributed by atoms with van der Waals surface area (Å²) in [6.07, 6.45) is 0.451. The summed E-state index contributed by atoms with van der Waals surface area (Å²) < 4.78 is 31.7. The second-order valence-electron chi connectivity index (χ2n) is 4.69. The number of esters is 1. The molecule has 0 heterocycles. The van der Waals surface area contributed by atoms with Crippen LogP contribution in [0.3, 0.4) is 0 Å². The summed E-state index contributed by atoms with van der Waals surface area (Å²) in [6, 6.07) is 0.